The van der Waals surface area contributed by atoms with E-state index < -0.39 is 11.6 Å². The second-order valence-electron chi connectivity index (χ2n) is 4.60. The zero-order valence-corrected chi connectivity index (χ0v) is 9.47. The summed E-state index contributed by atoms with van der Waals surface area (Å²) in [6, 6.07) is 4.17. The van der Waals surface area contributed by atoms with Crippen molar-refractivity contribution in [2.24, 2.45) is 5.92 Å². The molecule has 1 atom stereocenters. The highest BCUT2D eigenvalue weighted by molar-refractivity contribution is 5.20. The number of hydrogen-bond donors (Lipinski definition) is 1. The summed E-state index contributed by atoms with van der Waals surface area (Å²) in [7, 11) is 0. The molecule has 3 heteroatoms. The Hall–Kier alpha value is -0.960. The van der Waals surface area contributed by atoms with Gasteiger partial charge in [0.2, 0.25) is 0 Å². The molecule has 0 heterocycles. The van der Waals surface area contributed by atoms with Crippen molar-refractivity contribution in [2.45, 2.75) is 32.2 Å². The molecule has 0 radical (unpaired) electrons. The van der Waals surface area contributed by atoms with E-state index in [0.29, 0.717) is 0 Å². The van der Waals surface area contributed by atoms with E-state index in [-0.39, 0.29) is 6.04 Å². The van der Waals surface area contributed by atoms with Crippen LogP contribution in [0.2, 0.25) is 0 Å². The van der Waals surface area contributed by atoms with Gasteiger partial charge in [-0.1, -0.05) is 12.5 Å². The van der Waals surface area contributed by atoms with Crippen molar-refractivity contribution in [3.05, 3.63) is 35.4 Å². The fourth-order valence-corrected chi connectivity index (χ4v) is 1.94. The number of nitrogens with one attached hydrogen (secondary N) is 1. The van der Waals surface area contributed by atoms with E-state index in [0.717, 1.165) is 18.0 Å². The molecule has 88 valence electrons. The summed E-state index contributed by atoms with van der Waals surface area (Å²) in [4.78, 5) is 0. The molecular formula is C13H17F2N. The van der Waals surface area contributed by atoms with Crippen LogP contribution < -0.4 is 5.32 Å². The van der Waals surface area contributed by atoms with E-state index in [1.54, 1.807) is 6.07 Å². The highest BCUT2D eigenvalue weighted by Crippen LogP contribution is 2.26. The molecule has 0 aliphatic heterocycles. The van der Waals surface area contributed by atoms with Crippen molar-refractivity contribution in [3.63, 3.8) is 0 Å². The van der Waals surface area contributed by atoms with Gasteiger partial charge in [-0.05, 0) is 49.9 Å². The molecule has 1 aliphatic carbocycles. The van der Waals surface area contributed by atoms with Crippen molar-refractivity contribution >= 4 is 0 Å². The van der Waals surface area contributed by atoms with Gasteiger partial charge >= 0.3 is 0 Å². The minimum atomic E-state index is -0.782. The van der Waals surface area contributed by atoms with Gasteiger partial charge < -0.3 is 5.32 Å². The number of benzene rings is 1. The Kier molecular flexibility index (Phi) is 3.54. The van der Waals surface area contributed by atoms with Crippen LogP contribution in [0.4, 0.5) is 8.78 Å². The third-order valence-electron chi connectivity index (χ3n) is 3.38. The Morgan fingerprint density at radius 3 is 2.62 bits per heavy atom. The van der Waals surface area contributed by atoms with E-state index in [2.05, 4.69) is 5.32 Å². The lowest BCUT2D eigenvalue weighted by Gasteiger charge is -2.27. The maximum Gasteiger partial charge on any atom is 0.159 e. The van der Waals surface area contributed by atoms with Crippen molar-refractivity contribution in [2.75, 3.05) is 6.54 Å². The predicted molar refractivity (Wildman–Crippen MR) is 60.1 cm³/mol. The summed E-state index contributed by atoms with van der Waals surface area (Å²) in [6.07, 6.45) is 3.90. The molecule has 1 unspecified atom stereocenters. The van der Waals surface area contributed by atoms with Crippen LogP contribution >= 0.6 is 0 Å². The molecule has 1 aromatic rings. The Morgan fingerprint density at radius 2 is 2.06 bits per heavy atom. The number of hydrogen-bond acceptors (Lipinski definition) is 1. The predicted octanol–water partition coefficient (Wildman–Crippen LogP) is 3.42. The lowest BCUT2D eigenvalue weighted by Crippen LogP contribution is -2.29. The molecule has 16 heavy (non-hydrogen) atoms. The number of halogens is 2. The topological polar surface area (TPSA) is 12.0 Å². The lowest BCUT2D eigenvalue weighted by atomic mass is 9.85. The smallest absolute Gasteiger partial charge is 0.159 e. The first kappa shape index (κ1) is 11.5. The van der Waals surface area contributed by atoms with Crippen LogP contribution in [-0.4, -0.2) is 6.54 Å². The summed E-state index contributed by atoms with van der Waals surface area (Å²) in [5, 5.41) is 3.36. The Morgan fingerprint density at radius 1 is 1.31 bits per heavy atom. The monoisotopic (exact) mass is 225 g/mol. The van der Waals surface area contributed by atoms with Gasteiger partial charge in [-0.15, -0.1) is 0 Å². The van der Waals surface area contributed by atoms with Gasteiger partial charge in [0.15, 0.2) is 11.6 Å². The molecule has 1 fully saturated rings. The molecule has 1 saturated carbocycles. The highest BCUT2D eigenvalue weighted by atomic mass is 19.2. The first-order valence-corrected chi connectivity index (χ1v) is 5.85. The van der Waals surface area contributed by atoms with E-state index in [9.17, 15) is 8.78 Å². The van der Waals surface area contributed by atoms with Gasteiger partial charge in [0.05, 0.1) is 0 Å². The second kappa shape index (κ2) is 4.91. The fourth-order valence-electron chi connectivity index (χ4n) is 1.94. The fraction of sp³-hybridized carbons (Fsp3) is 0.538. The number of rotatable bonds is 4. The lowest BCUT2D eigenvalue weighted by molar-refractivity contribution is 0.292. The molecular weight excluding hydrogens is 208 g/mol. The first-order valence-electron chi connectivity index (χ1n) is 5.85. The zero-order valence-electron chi connectivity index (χ0n) is 9.47. The minimum Gasteiger partial charge on any atom is -0.310 e. The average Bonchev–Trinajstić information content (AvgIpc) is 2.19. The Balaban J connectivity index is 1.91. The molecule has 1 aliphatic rings. The van der Waals surface area contributed by atoms with Crippen LogP contribution in [0.5, 0.6) is 0 Å². The van der Waals surface area contributed by atoms with Crippen molar-refractivity contribution in [1.82, 2.24) is 5.32 Å². The Bertz CT molecular complexity index is 361. The van der Waals surface area contributed by atoms with Crippen LogP contribution in [-0.2, 0) is 0 Å². The SMILES string of the molecule is CC(NCC1CCC1)c1ccc(F)c(F)c1. The summed E-state index contributed by atoms with van der Waals surface area (Å²) in [5.41, 5.74) is 0.804. The van der Waals surface area contributed by atoms with Crippen LogP contribution in [0, 0.1) is 17.6 Å². The van der Waals surface area contributed by atoms with Crippen LogP contribution in [0.15, 0.2) is 18.2 Å². The molecule has 0 bridgehead atoms. The quantitative estimate of drug-likeness (QED) is 0.828. The second-order valence-corrected chi connectivity index (χ2v) is 4.60. The van der Waals surface area contributed by atoms with Crippen LogP contribution in [0.25, 0.3) is 0 Å². The van der Waals surface area contributed by atoms with Gasteiger partial charge in [-0.3, -0.25) is 0 Å². The van der Waals surface area contributed by atoms with Crippen molar-refractivity contribution in [3.8, 4) is 0 Å². The summed E-state index contributed by atoms with van der Waals surface area (Å²) in [5.74, 6) is -0.780. The van der Waals surface area contributed by atoms with Gasteiger partial charge in [-0.2, -0.15) is 0 Å². The highest BCUT2D eigenvalue weighted by Gasteiger charge is 2.18. The maximum atomic E-state index is 13.0. The third kappa shape index (κ3) is 2.59. The molecule has 0 spiro atoms. The van der Waals surface area contributed by atoms with E-state index in [1.165, 1.54) is 31.4 Å². The third-order valence-corrected chi connectivity index (χ3v) is 3.38. The van der Waals surface area contributed by atoms with Gasteiger partial charge in [0, 0.05) is 6.04 Å². The maximum absolute atomic E-state index is 13.0. The molecule has 1 aromatic carbocycles. The van der Waals surface area contributed by atoms with Gasteiger partial charge in [0.1, 0.15) is 0 Å². The van der Waals surface area contributed by atoms with Crippen molar-refractivity contribution in [1.29, 1.82) is 0 Å². The van der Waals surface area contributed by atoms with E-state index in [1.807, 2.05) is 6.92 Å². The zero-order chi connectivity index (χ0) is 11.5. The molecule has 0 saturated heterocycles. The Labute approximate surface area is 94.9 Å². The van der Waals surface area contributed by atoms with E-state index in [4.69, 9.17) is 0 Å². The van der Waals surface area contributed by atoms with Crippen LogP contribution in [0.3, 0.4) is 0 Å². The average molecular weight is 225 g/mol. The summed E-state index contributed by atoms with van der Waals surface area (Å²) >= 11 is 0. The summed E-state index contributed by atoms with van der Waals surface area (Å²) < 4.78 is 25.8. The van der Waals surface area contributed by atoms with Crippen molar-refractivity contribution < 1.29 is 8.78 Å². The molecule has 1 nitrogen and oxygen atoms in total. The molecule has 2 rings (SSSR count). The molecule has 1 N–H and O–H groups in total. The minimum absolute atomic E-state index is 0.0794. The van der Waals surface area contributed by atoms with E-state index >= 15 is 0 Å². The molecule has 0 aromatic heterocycles. The van der Waals surface area contributed by atoms with Gasteiger partial charge in [0.25, 0.3) is 0 Å². The largest absolute Gasteiger partial charge is 0.310 e. The standard InChI is InChI=1S/C13H17F2N/c1-9(16-8-10-3-2-4-10)11-5-6-12(14)13(15)7-11/h5-7,9-10,16H,2-4,8H2,1H3. The van der Waals surface area contributed by atoms with Crippen LogP contribution in [0.1, 0.15) is 37.8 Å². The normalized spacial score (nSPS) is 18.2. The molecule has 0 amide bonds. The van der Waals surface area contributed by atoms with Gasteiger partial charge in [-0.25, -0.2) is 8.78 Å². The first-order chi connectivity index (χ1) is 7.66. The summed E-state index contributed by atoms with van der Waals surface area (Å²) in [6.45, 7) is 2.95.